The van der Waals surface area contributed by atoms with E-state index in [1.54, 1.807) is 36.4 Å². The monoisotopic (exact) mass is 504 g/mol. The fourth-order valence-corrected chi connectivity index (χ4v) is 3.15. The first-order valence-electron chi connectivity index (χ1n) is 10.0. The molecule has 0 aliphatic heterocycles. The summed E-state index contributed by atoms with van der Waals surface area (Å²) in [5.74, 6) is -2.11. The Morgan fingerprint density at radius 1 is 0.875 bits per heavy atom. The van der Waals surface area contributed by atoms with Gasteiger partial charge in [0.25, 0.3) is 0 Å². The number of halogens is 1. The predicted octanol–water partition coefficient (Wildman–Crippen LogP) is 2.84. The molecular weight excluding hydrogens is 480 g/mol. The van der Waals surface area contributed by atoms with Crippen LogP contribution in [0.25, 0.3) is 0 Å². The maximum atomic E-state index is 12.8. The number of alkyl halides is 1. The first-order valence-corrected chi connectivity index (χ1v) is 11.1. The maximum absolute atomic E-state index is 12.8. The fraction of sp³-hybridized carbons (Fsp3) is 0.304. The molecule has 9 heteroatoms. The molecular formula is C23H25BrN2O6. The zero-order valence-electron chi connectivity index (χ0n) is 17.3. The van der Waals surface area contributed by atoms with Crippen LogP contribution in [0, 0.1) is 0 Å². The quantitative estimate of drug-likeness (QED) is 0.382. The number of nitrogens with one attached hydrogen (secondary N) is 2. The summed E-state index contributed by atoms with van der Waals surface area (Å²) in [4.78, 5) is 48.2. The molecule has 0 aliphatic carbocycles. The molecule has 1 unspecified atom stereocenters. The largest absolute Gasteiger partial charge is 0.480 e. The van der Waals surface area contributed by atoms with Crippen molar-refractivity contribution in [3.05, 3.63) is 71.8 Å². The van der Waals surface area contributed by atoms with E-state index in [0.717, 1.165) is 11.1 Å². The normalized spacial score (nSPS) is 12.3. The van der Waals surface area contributed by atoms with Crippen LogP contribution in [0.5, 0.6) is 0 Å². The Hall–Kier alpha value is -3.20. The van der Waals surface area contributed by atoms with Crippen molar-refractivity contribution in [1.29, 1.82) is 0 Å². The standard InChI is InChI=1S/C23H25BrN2O6/c24-14-18(27)11-12-19(22(29)30)25-21(28)20(13-16-7-3-1-4-8-16)26-23(31)32-15-17-9-5-2-6-10-17/h1-10,19-20H,11-15H2,(H,25,28)(H,26,31)(H,29,30)/t19?,20-/m0/s1. The van der Waals surface area contributed by atoms with Crippen molar-refractivity contribution in [2.75, 3.05) is 5.33 Å². The van der Waals surface area contributed by atoms with E-state index < -0.39 is 30.1 Å². The molecule has 8 nitrogen and oxygen atoms in total. The van der Waals surface area contributed by atoms with Crippen LogP contribution in [-0.4, -0.2) is 46.3 Å². The predicted molar refractivity (Wildman–Crippen MR) is 121 cm³/mol. The number of hydrogen-bond acceptors (Lipinski definition) is 5. The van der Waals surface area contributed by atoms with Crippen LogP contribution in [0.4, 0.5) is 4.79 Å². The molecule has 170 valence electrons. The highest BCUT2D eigenvalue weighted by Crippen LogP contribution is 2.07. The van der Waals surface area contributed by atoms with Gasteiger partial charge in [-0.05, 0) is 17.5 Å². The van der Waals surface area contributed by atoms with Gasteiger partial charge in [-0.2, -0.15) is 0 Å². The van der Waals surface area contributed by atoms with Gasteiger partial charge in [0, 0.05) is 12.8 Å². The van der Waals surface area contributed by atoms with E-state index in [2.05, 4.69) is 26.6 Å². The Balaban J connectivity index is 2.05. The fourth-order valence-electron chi connectivity index (χ4n) is 2.87. The number of carboxylic acid groups (broad SMARTS) is 1. The molecule has 2 atom stereocenters. The average Bonchev–Trinajstić information content (AvgIpc) is 2.80. The van der Waals surface area contributed by atoms with Gasteiger partial charge < -0.3 is 20.5 Å². The van der Waals surface area contributed by atoms with Gasteiger partial charge in [-0.15, -0.1) is 0 Å². The van der Waals surface area contributed by atoms with Gasteiger partial charge in [-0.25, -0.2) is 9.59 Å². The van der Waals surface area contributed by atoms with E-state index in [1.165, 1.54) is 0 Å². The molecule has 0 saturated heterocycles. The Kier molecular flexibility index (Phi) is 10.4. The minimum atomic E-state index is -1.26. The summed E-state index contributed by atoms with van der Waals surface area (Å²) in [7, 11) is 0. The number of carboxylic acids is 1. The van der Waals surface area contributed by atoms with Crippen molar-refractivity contribution in [2.45, 2.75) is 38.0 Å². The topological polar surface area (TPSA) is 122 Å². The lowest BCUT2D eigenvalue weighted by atomic mass is 10.0. The van der Waals surface area contributed by atoms with Crippen LogP contribution < -0.4 is 10.6 Å². The van der Waals surface area contributed by atoms with Crippen LogP contribution in [0.2, 0.25) is 0 Å². The number of Topliss-reactive ketones (excluding diaryl/α,β-unsaturated/α-hetero) is 1. The number of amides is 2. The van der Waals surface area contributed by atoms with Gasteiger partial charge in [-0.1, -0.05) is 76.6 Å². The number of hydrogen-bond donors (Lipinski definition) is 3. The van der Waals surface area contributed by atoms with Crippen molar-refractivity contribution in [3.8, 4) is 0 Å². The van der Waals surface area contributed by atoms with E-state index in [9.17, 15) is 24.3 Å². The highest BCUT2D eigenvalue weighted by molar-refractivity contribution is 9.09. The third kappa shape index (κ3) is 8.89. The summed E-state index contributed by atoms with van der Waals surface area (Å²) in [5.41, 5.74) is 1.56. The Labute approximate surface area is 194 Å². The Morgan fingerprint density at radius 3 is 2.03 bits per heavy atom. The first kappa shape index (κ1) is 25.1. The maximum Gasteiger partial charge on any atom is 0.408 e. The van der Waals surface area contributed by atoms with Crippen LogP contribution in [-0.2, 0) is 32.1 Å². The lowest BCUT2D eigenvalue weighted by Gasteiger charge is -2.21. The van der Waals surface area contributed by atoms with E-state index >= 15 is 0 Å². The lowest BCUT2D eigenvalue weighted by Crippen LogP contribution is -2.52. The number of benzene rings is 2. The summed E-state index contributed by atoms with van der Waals surface area (Å²) in [6.45, 7) is 0.0265. The summed E-state index contributed by atoms with van der Waals surface area (Å²) in [5, 5.41) is 14.5. The highest BCUT2D eigenvalue weighted by Gasteiger charge is 2.27. The van der Waals surface area contributed by atoms with Crippen LogP contribution >= 0.6 is 15.9 Å². The van der Waals surface area contributed by atoms with Crippen molar-refractivity contribution in [2.24, 2.45) is 0 Å². The molecule has 2 rings (SSSR count). The second-order valence-corrected chi connectivity index (χ2v) is 7.62. The molecule has 2 amide bonds. The highest BCUT2D eigenvalue weighted by atomic mass is 79.9. The van der Waals surface area contributed by atoms with Gasteiger partial charge in [0.05, 0.1) is 5.33 Å². The Morgan fingerprint density at radius 2 is 1.47 bits per heavy atom. The van der Waals surface area contributed by atoms with Gasteiger partial charge >= 0.3 is 12.1 Å². The van der Waals surface area contributed by atoms with Gasteiger partial charge in [0.1, 0.15) is 24.5 Å². The van der Waals surface area contributed by atoms with Crippen molar-refractivity contribution in [3.63, 3.8) is 0 Å². The van der Waals surface area contributed by atoms with E-state index in [0.29, 0.717) is 0 Å². The van der Waals surface area contributed by atoms with Crippen molar-refractivity contribution < 1.29 is 29.0 Å². The molecule has 0 saturated carbocycles. The molecule has 0 radical (unpaired) electrons. The minimum Gasteiger partial charge on any atom is -0.480 e. The third-order valence-corrected chi connectivity index (χ3v) is 5.20. The summed E-state index contributed by atoms with van der Waals surface area (Å²) < 4.78 is 5.20. The van der Waals surface area contributed by atoms with E-state index in [1.807, 2.05) is 24.3 Å². The number of ketones is 1. The average molecular weight is 505 g/mol. The van der Waals surface area contributed by atoms with Gasteiger partial charge in [-0.3, -0.25) is 9.59 Å². The zero-order chi connectivity index (χ0) is 23.3. The molecule has 0 aliphatic rings. The van der Waals surface area contributed by atoms with Crippen LogP contribution in [0.1, 0.15) is 24.0 Å². The lowest BCUT2D eigenvalue weighted by molar-refractivity contribution is -0.142. The first-order chi connectivity index (χ1) is 15.4. The molecule has 3 N–H and O–H groups in total. The van der Waals surface area contributed by atoms with Crippen LogP contribution in [0.15, 0.2) is 60.7 Å². The molecule has 0 aromatic heterocycles. The number of rotatable bonds is 12. The van der Waals surface area contributed by atoms with E-state index in [4.69, 9.17) is 4.74 Å². The summed E-state index contributed by atoms with van der Waals surface area (Å²) >= 11 is 3.03. The molecule has 0 spiro atoms. The number of carbonyl (C=O) groups excluding carboxylic acids is 3. The number of carbonyl (C=O) groups is 4. The minimum absolute atomic E-state index is 0.00159. The van der Waals surface area contributed by atoms with Crippen molar-refractivity contribution >= 4 is 39.7 Å². The second kappa shape index (κ2) is 13.3. The molecule has 2 aromatic carbocycles. The smallest absolute Gasteiger partial charge is 0.408 e. The second-order valence-electron chi connectivity index (χ2n) is 7.06. The van der Waals surface area contributed by atoms with Crippen LogP contribution in [0.3, 0.4) is 0 Å². The van der Waals surface area contributed by atoms with Gasteiger partial charge in [0.2, 0.25) is 5.91 Å². The van der Waals surface area contributed by atoms with Gasteiger partial charge in [0.15, 0.2) is 0 Å². The number of aliphatic carboxylic acids is 1. The molecule has 32 heavy (non-hydrogen) atoms. The summed E-state index contributed by atoms with van der Waals surface area (Å²) in [6, 6.07) is 15.7. The number of ether oxygens (including phenoxy) is 1. The SMILES string of the molecule is O=C(CBr)CCC(NC(=O)[C@H](Cc1ccccc1)NC(=O)OCc1ccccc1)C(=O)O. The summed E-state index contributed by atoms with van der Waals surface area (Å²) in [6.07, 6.45) is -0.716. The molecule has 0 bridgehead atoms. The number of alkyl carbamates (subject to hydrolysis) is 1. The zero-order valence-corrected chi connectivity index (χ0v) is 18.9. The molecule has 0 fully saturated rings. The Bertz CT molecular complexity index is 907. The van der Waals surface area contributed by atoms with Crippen molar-refractivity contribution in [1.82, 2.24) is 10.6 Å². The van der Waals surface area contributed by atoms with E-state index in [-0.39, 0.29) is 37.0 Å². The molecule has 2 aromatic rings. The third-order valence-electron chi connectivity index (χ3n) is 4.58. The molecule has 0 heterocycles.